The monoisotopic (exact) mass is 332 g/mol. The molecule has 2 heterocycles. The summed E-state index contributed by atoms with van der Waals surface area (Å²) in [4.78, 5) is 14.2. The van der Waals surface area contributed by atoms with E-state index in [1.165, 1.54) is 11.3 Å². The van der Waals surface area contributed by atoms with Gasteiger partial charge in [-0.2, -0.15) is 0 Å². The van der Waals surface area contributed by atoms with Crippen molar-refractivity contribution < 1.29 is 9.53 Å². The van der Waals surface area contributed by atoms with Crippen LogP contribution >= 0.6 is 0 Å². The van der Waals surface area contributed by atoms with Crippen LogP contribution in [0, 0.1) is 11.8 Å². The van der Waals surface area contributed by atoms with Crippen molar-refractivity contribution in [2.75, 3.05) is 13.1 Å². The quantitative estimate of drug-likeness (QED) is 0.721. The Hall–Kier alpha value is -1.71. The molecular formula is C20H32N2O2. The van der Waals surface area contributed by atoms with Crippen LogP contribution in [0.3, 0.4) is 0 Å². The lowest BCUT2D eigenvalue weighted by atomic mass is 9.88. The smallest absolute Gasteiger partial charge is 0.410 e. The van der Waals surface area contributed by atoms with Gasteiger partial charge in [0.2, 0.25) is 0 Å². The van der Waals surface area contributed by atoms with Gasteiger partial charge in [0.15, 0.2) is 0 Å². The summed E-state index contributed by atoms with van der Waals surface area (Å²) in [5.41, 5.74) is 2.12. The molecule has 0 aromatic rings. The normalized spacial score (nSPS) is 28.2. The number of hydrogen-bond donors (Lipinski definition) is 1. The van der Waals surface area contributed by atoms with Crippen molar-refractivity contribution in [2.45, 2.75) is 59.6 Å². The van der Waals surface area contributed by atoms with Crippen molar-refractivity contribution in [1.82, 2.24) is 10.2 Å². The lowest BCUT2D eigenvalue weighted by Crippen LogP contribution is -2.49. The first-order chi connectivity index (χ1) is 11.3. The summed E-state index contributed by atoms with van der Waals surface area (Å²) in [6.45, 7) is 13.4. The van der Waals surface area contributed by atoms with Gasteiger partial charge in [-0.1, -0.05) is 39.0 Å². The highest BCUT2D eigenvalue weighted by atomic mass is 16.6. The first-order valence-electron chi connectivity index (χ1n) is 9.18. The molecule has 0 radical (unpaired) electrons. The molecule has 1 unspecified atom stereocenters. The third-order valence-electron chi connectivity index (χ3n) is 4.46. The maximum atomic E-state index is 12.3. The van der Waals surface area contributed by atoms with Crippen LogP contribution < -0.4 is 5.32 Å². The molecule has 3 atom stereocenters. The Kier molecular flexibility index (Phi) is 5.79. The molecule has 0 aromatic heterocycles. The van der Waals surface area contributed by atoms with Gasteiger partial charge in [0.05, 0.1) is 0 Å². The summed E-state index contributed by atoms with van der Waals surface area (Å²) < 4.78 is 5.52. The maximum Gasteiger partial charge on any atom is 0.410 e. The van der Waals surface area contributed by atoms with E-state index in [1.54, 1.807) is 0 Å². The predicted molar refractivity (Wildman–Crippen MR) is 98.7 cm³/mol. The minimum atomic E-state index is -0.438. The van der Waals surface area contributed by atoms with E-state index in [4.69, 9.17) is 4.74 Å². The maximum absolute atomic E-state index is 12.3. The zero-order valence-electron chi connectivity index (χ0n) is 15.9. The van der Waals surface area contributed by atoms with Gasteiger partial charge in [-0.25, -0.2) is 4.79 Å². The minimum absolute atomic E-state index is 0.193. The summed E-state index contributed by atoms with van der Waals surface area (Å²) >= 11 is 0. The molecule has 4 heteroatoms. The largest absolute Gasteiger partial charge is 0.444 e. The molecule has 0 bridgehead atoms. The topological polar surface area (TPSA) is 41.6 Å². The van der Waals surface area contributed by atoms with Gasteiger partial charge in [0.1, 0.15) is 5.60 Å². The van der Waals surface area contributed by atoms with E-state index in [9.17, 15) is 4.79 Å². The summed E-state index contributed by atoms with van der Waals surface area (Å²) in [5, 5.41) is 3.63. The second kappa shape index (κ2) is 7.45. The number of fused-ring (bicyclic) bond motifs is 2. The van der Waals surface area contributed by atoms with Crippen molar-refractivity contribution in [3.8, 4) is 0 Å². The molecule has 1 aliphatic carbocycles. The number of allylic oxidation sites excluding steroid dienone is 4. The van der Waals surface area contributed by atoms with E-state index >= 15 is 0 Å². The molecule has 1 amide bonds. The highest BCUT2D eigenvalue weighted by Gasteiger charge is 2.39. The molecule has 3 rings (SSSR count). The molecule has 24 heavy (non-hydrogen) atoms. The van der Waals surface area contributed by atoms with E-state index in [-0.39, 0.29) is 6.09 Å². The Morgan fingerprint density at radius 3 is 2.58 bits per heavy atom. The molecule has 134 valence electrons. The van der Waals surface area contributed by atoms with Gasteiger partial charge >= 0.3 is 6.09 Å². The number of nitrogens with zero attached hydrogens (tertiary/aromatic N) is 1. The fraction of sp³-hybridized carbons (Fsp3) is 0.650. The van der Waals surface area contributed by atoms with Crippen molar-refractivity contribution in [1.29, 1.82) is 0 Å². The zero-order valence-corrected chi connectivity index (χ0v) is 15.9. The SMILES string of the molecule is CC.CC1C=CC2=C(C=C1)[C@H]1CN(C(=O)OC(C)(C)C)CC[C@H]1N2. The molecule has 1 saturated heterocycles. The number of amides is 1. The van der Waals surface area contributed by atoms with Crippen LogP contribution in [0.2, 0.25) is 0 Å². The third-order valence-corrected chi connectivity index (χ3v) is 4.46. The van der Waals surface area contributed by atoms with Gasteiger partial charge in [-0.15, -0.1) is 0 Å². The predicted octanol–water partition coefficient (Wildman–Crippen LogP) is 4.26. The highest BCUT2D eigenvalue weighted by Crippen LogP contribution is 2.35. The number of carbonyl (C=O) groups excluding carboxylic acids is 1. The van der Waals surface area contributed by atoms with E-state index < -0.39 is 5.60 Å². The summed E-state index contributed by atoms with van der Waals surface area (Å²) in [7, 11) is 0. The standard InChI is InChI=1S/C18H26N2O2.C2H6/c1-12-5-7-13-14-11-20(17(21)22-18(2,3)4)10-9-16(14)19-15(13)8-6-12;1-2/h5-8,12,14,16,19H,9-11H2,1-4H3;1-2H3/t12?,14-,16-;/m1./s1. The average molecular weight is 332 g/mol. The molecule has 4 nitrogen and oxygen atoms in total. The van der Waals surface area contributed by atoms with Gasteiger partial charge in [-0.3, -0.25) is 0 Å². The van der Waals surface area contributed by atoms with Crippen LogP contribution in [-0.2, 0) is 4.74 Å². The van der Waals surface area contributed by atoms with E-state index in [1.807, 2.05) is 39.5 Å². The van der Waals surface area contributed by atoms with E-state index in [0.29, 0.717) is 17.9 Å². The second-order valence-electron chi connectivity index (χ2n) is 7.52. The Morgan fingerprint density at radius 1 is 1.25 bits per heavy atom. The number of carbonyl (C=O) groups is 1. The average Bonchev–Trinajstić information content (AvgIpc) is 2.77. The lowest BCUT2D eigenvalue weighted by molar-refractivity contribution is 0.0168. The van der Waals surface area contributed by atoms with Crippen molar-refractivity contribution >= 4 is 6.09 Å². The molecule has 1 fully saturated rings. The lowest BCUT2D eigenvalue weighted by Gasteiger charge is -2.36. The number of hydrogen-bond acceptors (Lipinski definition) is 3. The van der Waals surface area contributed by atoms with Crippen molar-refractivity contribution in [3.05, 3.63) is 35.6 Å². The Balaban J connectivity index is 0.00000100. The molecule has 0 aromatic carbocycles. The van der Waals surface area contributed by atoms with Crippen LogP contribution in [0.5, 0.6) is 0 Å². The molecular weight excluding hydrogens is 300 g/mol. The molecule has 0 spiro atoms. The molecule has 2 aliphatic heterocycles. The fourth-order valence-corrected chi connectivity index (χ4v) is 3.34. The first kappa shape index (κ1) is 18.6. The van der Waals surface area contributed by atoms with Gasteiger partial charge < -0.3 is 15.0 Å². The summed E-state index contributed by atoms with van der Waals surface area (Å²) in [6, 6.07) is 0.436. The Morgan fingerprint density at radius 2 is 1.92 bits per heavy atom. The number of nitrogens with one attached hydrogen (secondary N) is 1. The third kappa shape index (κ3) is 4.22. The van der Waals surface area contributed by atoms with Crippen LogP contribution in [0.25, 0.3) is 0 Å². The van der Waals surface area contributed by atoms with Crippen LogP contribution in [0.15, 0.2) is 35.6 Å². The van der Waals surface area contributed by atoms with Crippen LogP contribution in [0.4, 0.5) is 4.79 Å². The van der Waals surface area contributed by atoms with Crippen molar-refractivity contribution in [2.24, 2.45) is 11.8 Å². The van der Waals surface area contributed by atoms with Gasteiger partial charge in [0.25, 0.3) is 0 Å². The summed E-state index contributed by atoms with van der Waals surface area (Å²) in [5.74, 6) is 0.818. The molecule has 3 aliphatic rings. The first-order valence-corrected chi connectivity index (χ1v) is 9.18. The van der Waals surface area contributed by atoms with Gasteiger partial charge in [0, 0.05) is 30.7 Å². The zero-order chi connectivity index (χ0) is 17.9. The summed E-state index contributed by atoms with van der Waals surface area (Å²) in [6.07, 6.45) is 9.64. The Labute approximate surface area is 146 Å². The van der Waals surface area contributed by atoms with Gasteiger partial charge in [-0.05, 0) is 44.8 Å². The minimum Gasteiger partial charge on any atom is -0.444 e. The molecule has 1 N–H and O–H groups in total. The number of likely N-dealkylation sites (tertiary alicyclic amines) is 1. The van der Waals surface area contributed by atoms with E-state index in [0.717, 1.165) is 19.5 Å². The van der Waals surface area contributed by atoms with Crippen molar-refractivity contribution in [3.63, 3.8) is 0 Å². The Bertz CT molecular complexity index is 554. The number of ether oxygens (including phenoxy) is 1. The second-order valence-corrected chi connectivity index (χ2v) is 7.52. The number of piperidine rings is 1. The van der Waals surface area contributed by atoms with Crippen LogP contribution in [-0.4, -0.2) is 35.7 Å². The number of rotatable bonds is 0. The van der Waals surface area contributed by atoms with E-state index in [2.05, 4.69) is 36.5 Å². The highest BCUT2D eigenvalue weighted by molar-refractivity contribution is 5.68. The fourth-order valence-electron chi connectivity index (χ4n) is 3.34. The molecule has 0 saturated carbocycles. The van der Waals surface area contributed by atoms with Crippen LogP contribution in [0.1, 0.15) is 48.0 Å².